The van der Waals surface area contributed by atoms with E-state index in [0.717, 1.165) is 11.1 Å². The minimum atomic E-state index is -0.0905. The van der Waals surface area contributed by atoms with Crippen LogP contribution in [0.5, 0.6) is 5.75 Å². The molecular formula is C17H17ClO3. The largest absolute Gasteiger partial charge is 0.488 e. The van der Waals surface area contributed by atoms with Gasteiger partial charge in [-0.3, -0.25) is 4.79 Å². The summed E-state index contributed by atoms with van der Waals surface area (Å²) in [7, 11) is 1.50. The molecule has 0 radical (unpaired) electrons. The van der Waals surface area contributed by atoms with Crippen molar-refractivity contribution in [3.8, 4) is 5.75 Å². The summed E-state index contributed by atoms with van der Waals surface area (Å²) < 4.78 is 10.7. The Labute approximate surface area is 129 Å². The number of aryl methyl sites for hydroxylation is 1. The topological polar surface area (TPSA) is 35.5 Å². The number of methoxy groups -OCH3 is 1. The van der Waals surface area contributed by atoms with E-state index in [2.05, 4.69) is 0 Å². The van der Waals surface area contributed by atoms with Crippen molar-refractivity contribution in [1.29, 1.82) is 0 Å². The molecule has 3 nitrogen and oxygen atoms in total. The molecule has 2 aromatic carbocycles. The zero-order valence-electron chi connectivity index (χ0n) is 12.1. The second kappa shape index (κ2) is 7.25. The van der Waals surface area contributed by atoms with Crippen LogP contribution >= 0.6 is 11.6 Å². The number of benzene rings is 2. The molecule has 0 aliphatic heterocycles. The molecule has 0 heterocycles. The summed E-state index contributed by atoms with van der Waals surface area (Å²) in [5.74, 6) is 0.477. The van der Waals surface area contributed by atoms with E-state index in [1.807, 2.05) is 49.4 Å². The van der Waals surface area contributed by atoms with Gasteiger partial charge in [-0.1, -0.05) is 35.4 Å². The highest BCUT2D eigenvalue weighted by Gasteiger charge is 2.13. The second-order valence-electron chi connectivity index (χ2n) is 4.77. The predicted octanol–water partition coefficient (Wildman–Crippen LogP) is 4.06. The number of ether oxygens (including phenoxy) is 2. The molecule has 0 spiro atoms. The summed E-state index contributed by atoms with van der Waals surface area (Å²) in [6.07, 6.45) is 0. The Morgan fingerprint density at radius 2 is 1.86 bits per heavy atom. The fourth-order valence-corrected chi connectivity index (χ4v) is 2.06. The van der Waals surface area contributed by atoms with Crippen LogP contribution in [0, 0.1) is 6.92 Å². The van der Waals surface area contributed by atoms with Gasteiger partial charge in [0.1, 0.15) is 19.0 Å². The number of halogens is 1. The summed E-state index contributed by atoms with van der Waals surface area (Å²) in [5, 5.41) is 0.685. The Morgan fingerprint density at radius 3 is 2.52 bits per heavy atom. The van der Waals surface area contributed by atoms with Crippen molar-refractivity contribution < 1.29 is 14.3 Å². The third-order valence-corrected chi connectivity index (χ3v) is 3.27. The lowest BCUT2D eigenvalue weighted by Gasteiger charge is -2.11. The van der Waals surface area contributed by atoms with Gasteiger partial charge in [0.05, 0.1) is 5.56 Å². The van der Waals surface area contributed by atoms with Crippen molar-refractivity contribution in [3.05, 3.63) is 64.2 Å². The maximum atomic E-state index is 12.1. The van der Waals surface area contributed by atoms with Crippen LogP contribution in [0.3, 0.4) is 0 Å². The van der Waals surface area contributed by atoms with E-state index in [1.165, 1.54) is 7.11 Å². The van der Waals surface area contributed by atoms with Gasteiger partial charge in [0.15, 0.2) is 5.78 Å². The van der Waals surface area contributed by atoms with Crippen LogP contribution in [-0.4, -0.2) is 19.5 Å². The number of hydrogen-bond acceptors (Lipinski definition) is 3. The first-order chi connectivity index (χ1) is 10.1. The number of Topliss-reactive ketones (excluding diaryl/α,β-unsaturated/α-hetero) is 1. The van der Waals surface area contributed by atoms with Gasteiger partial charge < -0.3 is 9.47 Å². The van der Waals surface area contributed by atoms with Gasteiger partial charge in [0.25, 0.3) is 0 Å². The molecule has 0 amide bonds. The quantitative estimate of drug-likeness (QED) is 0.755. The zero-order valence-corrected chi connectivity index (χ0v) is 12.8. The Balaban J connectivity index is 2.15. The lowest BCUT2D eigenvalue weighted by atomic mass is 10.1. The maximum absolute atomic E-state index is 12.1. The molecular weight excluding hydrogens is 288 g/mol. The molecule has 0 aliphatic carbocycles. The molecule has 2 aromatic rings. The SMILES string of the molecule is COCC(=O)c1cc(C)ccc1OCc1ccc(Cl)cc1. The molecule has 0 saturated carbocycles. The highest BCUT2D eigenvalue weighted by molar-refractivity contribution is 6.30. The minimum Gasteiger partial charge on any atom is -0.488 e. The van der Waals surface area contributed by atoms with E-state index < -0.39 is 0 Å². The summed E-state index contributed by atoms with van der Waals surface area (Å²) in [6, 6.07) is 13.0. The molecule has 0 unspecified atom stereocenters. The van der Waals surface area contributed by atoms with E-state index in [0.29, 0.717) is 22.9 Å². The molecule has 0 N–H and O–H groups in total. The van der Waals surface area contributed by atoms with Crippen molar-refractivity contribution in [3.63, 3.8) is 0 Å². The molecule has 2 rings (SSSR count). The summed E-state index contributed by atoms with van der Waals surface area (Å²) in [5.41, 5.74) is 2.55. The van der Waals surface area contributed by atoms with Crippen LogP contribution in [0.1, 0.15) is 21.5 Å². The Kier molecular flexibility index (Phi) is 5.37. The first-order valence-electron chi connectivity index (χ1n) is 6.60. The smallest absolute Gasteiger partial charge is 0.192 e. The number of carbonyl (C=O) groups excluding carboxylic acids is 1. The van der Waals surface area contributed by atoms with Gasteiger partial charge in [-0.15, -0.1) is 0 Å². The molecule has 0 saturated heterocycles. The van der Waals surface area contributed by atoms with Crippen LogP contribution in [0.2, 0.25) is 5.02 Å². The van der Waals surface area contributed by atoms with E-state index in [9.17, 15) is 4.79 Å². The fourth-order valence-electron chi connectivity index (χ4n) is 1.94. The molecule has 0 aromatic heterocycles. The third kappa shape index (κ3) is 4.31. The molecule has 0 atom stereocenters. The number of rotatable bonds is 6. The maximum Gasteiger partial charge on any atom is 0.192 e. The summed E-state index contributed by atoms with van der Waals surface area (Å²) >= 11 is 5.85. The molecule has 110 valence electrons. The fraction of sp³-hybridized carbons (Fsp3) is 0.235. The van der Waals surface area contributed by atoms with Gasteiger partial charge >= 0.3 is 0 Å². The van der Waals surface area contributed by atoms with Crippen LogP contribution in [0.4, 0.5) is 0 Å². The molecule has 0 aliphatic rings. The first kappa shape index (κ1) is 15.5. The Bertz CT molecular complexity index is 620. The third-order valence-electron chi connectivity index (χ3n) is 3.02. The van der Waals surface area contributed by atoms with Crippen LogP contribution in [0.15, 0.2) is 42.5 Å². The highest BCUT2D eigenvalue weighted by Crippen LogP contribution is 2.22. The van der Waals surface area contributed by atoms with Crippen molar-refractivity contribution in [2.75, 3.05) is 13.7 Å². The van der Waals surface area contributed by atoms with E-state index in [4.69, 9.17) is 21.1 Å². The number of hydrogen-bond donors (Lipinski definition) is 0. The van der Waals surface area contributed by atoms with Crippen LogP contribution in [0.25, 0.3) is 0 Å². The average molecular weight is 305 g/mol. The average Bonchev–Trinajstić information content (AvgIpc) is 2.48. The van der Waals surface area contributed by atoms with Gasteiger partial charge in [-0.05, 0) is 36.8 Å². The minimum absolute atomic E-state index is 0.0424. The van der Waals surface area contributed by atoms with Gasteiger partial charge in [0, 0.05) is 12.1 Å². The van der Waals surface area contributed by atoms with Crippen molar-refractivity contribution in [1.82, 2.24) is 0 Å². The number of ketones is 1. The molecule has 4 heteroatoms. The number of carbonyl (C=O) groups is 1. The van der Waals surface area contributed by atoms with Gasteiger partial charge in [-0.2, -0.15) is 0 Å². The molecule has 0 bridgehead atoms. The first-order valence-corrected chi connectivity index (χ1v) is 6.98. The lowest BCUT2D eigenvalue weighted by Crippen LogP contribution is -2.10. The second-order valence-corrected chi connectivity index (χ2v) is 5.21. The van der Waals surface area contributed by atoms with E-state index in [1.54, 1.807) is 0 Å². The monoisotopic (exact) mass is 304 g/mol. The molecule has 0 fully saturated rings. The van der Waals surface area contributed by atoms with Crippen molar-refractivity contribution >= 4 is 17.4 Å². The predicted molar refractivity (Wildman–Crippen MR) is 83.2 cm³/mol. The highest BCUT2D eigenvalue weighted by atomic mass is 35.5. The molecule has 21 heavy (non-hydrogen) atoms. The van der Waals surface area contributed by atoms with Crippen LogP contribution in [-0.2, 0) is 11.3 Å². The van der Waals surface area contributed by atoms with E-state index in [-0.39, 0.29) is 12.4 Å². The summed E-state index contributed by atoms with van der Waals surface area (Å²) in [4.78, 5) is 12.1. The normalized spacial score (nSPS) is 10.4. The summed E-state index contributed by atoms with van der Waals surface area (Å²) in [6.45, 7) is 2.36. The van der Waals surface area contributed by atoms with Gasteiger partial charge in [-0.25, -0.2) is 0 Å². The van der Waals surface area contributed by atoms with Crippen LogP contribution < -0.4 is 4.74 Å². The van der Waals surface area contributed by atoms with E-state index >= 15 is 0 Å². The van der Waals surface area contributed by atoms with Crippen molar-refractivity contribution in [2.45, 2.75) is 13.5 Å². The standard InChI is InChI=1S/C17H17ClO3/c1-12-3-8-17(15(9-12)16(19)11-20-2)21-10-13-4-6-14(18)7-5-13/h3-9H,10-11H2,1-2H3. The van der Waals surface area contributed by atoms with Crippen molar-refractivity contribution in [2.24, 2.45) is 0 Å². The lowest BCUT2D eigenvalue weighted by molar-refractivity contribution is 0.0843. The Morgan fingerprint density at radius 1 is 1.14 bits per heavy atom. The Hall–Kier alpha value is -1.84. The van der Waals surface area contributed by atoms with Gasteiger partial charge in [0.2, 0.25) is 0 Å². The zero-order chi connectivity index (χ0) is 15.2.